The van der Waals surface area contributed by atoms with Gasteiger partial charge in [-0.2, -0.15) is 0 Å². The van der Waals surface area contributed by atoms with Crippen LogP contribution in [0.5, 0.6) is 5.75 Å². The summed E-state index contributed by atoms with van der Waals surface area (Å²) in [6.45, 7) is 0.282. The van der Waals surface area contributed by atoms with E-state index in [9.17, 15) is 28.7 Å². The molecule has 1 aliphatic heterocycles. The maximum atomic E-state index is 13.1. The van der Waals surface area contributed by atoms with Crippen molar-refractivity contribution in [2.75, 3.05) is 21.1 Å². The second kappa shape index (κ2) is 9.80. The summed E-state index contributed by atoms with van der Waals surface area (Å²) in [5.41, 5.74) is -0.653. The highest BCUT2D eigenvalue weighted by molar-refractivity contribution is 6.34. The summed E-state index contributed by atoms with van der Waals surface area (Å²) in [7, 11) is 4.36. The van der Waals surface area contributed by atoms with E-state index in [1.807, 2.05) is 0 Å². The van der Waals surface area contributed by atoms with E-state index in [4.69, 9.17) is 0 Å². The van der Waals surface area contributed by atoms with E-state index in [1.54, 1.807) is 0 Å². The lowest BCUT2D eigenvalue weighted by molar-refractivity contribution is -0.151. The Hall–Kier alpha value is -3.76. The molecule has 1 aromatic heterocycles. The normalized spacial score (nSPS) is 15.2. The molecule has 0 spiro atoms. The standard InChI is InChI=1S/C22H26FN5O5/c1-26(2)21(32)22(33)27(3)15-6-4-5-11-28-18(15)25-16(17(29)20(28)31)19(30)24-12-13-7-9-14(23)10-8-13/h7-10,15,29H,4-6,11-12H2,1-3H3,(H,24,30)/t15-/m0/s1. The summed E-state index contributed by atoms with van der Waals surface area (Å²) in [6, 6.07) is 4.75. The van der Waals surface area contributed by atoms with Crippen LogP contribution in [0.15, 0.2) is 29.1 Å². The number of fused-ring (bicyclic) bond motifs is 1. The summed E-state index contributed by atoms with van der Waals surface area (Å²) in [5, 5.41) is 12.9. The largest absolute Gasteiger partial charge is 0.501 e. The van der Waals surface area contributed by atoms with Crippen LogP contribution < -0.4 is 10.9 Å². The molecule has 2 N–H and O–H groups in total. The molecule has 0 saturated carbocycles. The van der Waals surface area contributed by atoms with Crippen molar-refractivity contribution >= 4 is 17.7 Å². The zero-order chi connectivity index (χ0) is 24.3. The Labute approximate surface area is 189 Å². The molecule has 1 aliphatic rings. The number of benzene rings is 1. The van der Waals surface area contributed by atoms with Gasteiger partial charge in [-0.1, -0.05) is 12.1 Å². The zero-order valence-corrected chi connectivity index (χ0v) is 18.7. The Morgan fingerprint density at radius 3 is 2.45 bits per heavy atom. The van der Waals surface area contributed by atoms with Crippen LogP contribution in [-0.4, -0.2) is 63.3 Å². The predicted molar refractivity (Wildman–Crippen MR) is 116 cm³/mol. The fourth-order valence-corrected chi connectivity index (χ4v) is 3.65. The number of carbonyl (C=O) groups is 3. The third-order valence-electron chi connectivity index (χ3n) is 5.54. The van der Waals surface area contributed by atoms with Crippen LogP contribution in [0.3, 0.4) is 0 Å². The molecular formula is C22H26FN5O5. The molecule has 1 atom stereocenters. The van der Waals surface area contributed by atoms with Crippen molar-refractivity contribution in [3.8, 4) is 5.75 Å². The lowest BCUT2D eigenvalue weighted by Gasteiger charge is -2.28. The van der Waals surface area contributed by atoms with Gasteiger partial charge in [-0.05, 0) is 37.0 Å². The third kappa shape index (κ3) is 5.02. The molecule has 0 saturated heterocycles. The van der Waals surface area contributed by atoms with Crippen molar-refractivity contribution in [2.45, 2.75) is 38.4 Å². The number of carbonyl (C=O) groups excluding carboxylic acids is 3. The molecule has 33 heavy (non-hydrogen) atoms. The number of halogens is 1. The molecule has 11 heteroatoms. The van der Waals surface area contributed by atoms with Crippen LogP contribution in [0.25, 0.3) is 0 Å². The molecule has 1 aromatic carbocycles. The molecule has 0 fully saturated rings. The SMILES string of the molecule is CN(C)C(=O)C(=O)N(C)[C@H]1CCCCn2c1nc(C(=O)NCc1ccc(F)cc1)c(O)c2=O. The molecule has 2 heterocycles. The van der Waals surface area contributed by atoms with E-state index in [-0.39, 0.29) is 18.9 Å². The van der Waals surface area contributed by atoms with Crippen LogP contribution in [0.1, 0.15) is 47.2 Å². The number of nitrogens with zero attached hydrogens (tertiary/aromatic N) is 4. The van der Waals surface area contributed by atoms with Gasteiger partial charge in [-0.3, -0.25) is 23.7 Å². The minimum atomic E-state index is -0.797. The highest BCUT2D eigenvalue weighted by atomic mass is 19.1. The van der Waals surface area contributed by atoms with Crippen LogP contribution >= 0.6 is 0 Å². The van der Waals surface area contributed by atoms with Crippen molar-refractivity contribution < 1.29 is 23.9 Å². The Morgan fingerprint density at radius 1 is 1.15 bits per heavy atom. The number of aromatic nitrogens is 2. The smallest absolute Gasteiger partial charge is 0.312 e. The van der Waals surface area contributed by atoms with Gasteiger partial charge in [-0.25, -0.2) is 9.37 Å². The number of likely N-dealkylation sites (N-methyl/N-ethyl adjacent to an activating group) is 2. The first-order chi connectivity index (χ1) is 15.6. The third-order valence-corrected chi connectivity index (χ3v) is 5.54. The van der Waals surface area contributed by atoms with Crippen molar-refractivity contribution in [2.24, 2.45) is 0 Å². The van der Waals surface area contributed by atoms with E-state index in [2.05, 4.69) is 10.3 Å². The number of hydrogen-bond acceptors (Lipinski definition) is 6. The van der Waals surface area contributed by atoms with E-state index in [0.29, 0.717) is 24.8 Å². The quantitative estimate of drug-likeness (QED) is 0.652. The van der Waals surface area contributed by atoms with Gasteiger partial charge in [0.1, 0.15) is 11.6 Å². The topological polar surface area (TPSA) is 125 Å². The molecule has 3 amide bonds. The van der Waals surface area contributed by atoms with Gasteiger partial charge in [0, 0.05) is 34.2 Å². The second-order valence-corrected chi connectivity index (χ2v) is 8.06. The van der Waals surface area contributed by atoms with Gasteiger partial charge in [0.25, 0.3) is 11.5 Å². The highest BCUT2D eigenvalue weighted by Crippen LogP contribution is 2.28. The average Bonchev–Trinajstić information content (AvgIpc) is 3.01. The van der Waals surface area contributed by atoms with Gasteiger partial charge in [0.05, 0.1) is 6.04 Å². The van der Waals surface area contributed by atoms with Gasteiger partial charge >= 0.3 is 11.8 Å². The van der Waals surface area contributed by atoms with Gasteiger partial charge in [-0.15, -0.1) is 0 Å². The number of nitrogens with one attached hydrogen (secondary N) is 1. The van der Waals surface area contributed by atoms with Crippen LogP contribution in [-0.2, 0) is 22.7 Å². The van der Waals surface area contributed by atoms with Crippen LogP contribution in [0.2, 0.25) is 0 Å². The number of amides is 3. The number of aromatic hydroxyl groups is 1. The summed E-state index contributed by atoms with van der Waals surface area (Å²) >= 11 is 0. The molecule has 2 aromatic rings. The lowest BCUT2D eigenvalue weighted by atomic mass is 10.1. The monoisotopic (exact) mass is 459 g/mol. The Morgan fingerprint density at radius 2 is 1.82 bits per heavy atom. The number of rotatable bonds is 4. The summed E-state index contributed by atoms with van der Waals surface area (Å²) < 4.78 is 14.3. The van der Waals surface area contributed by atoms with E-state index in [0.717, 1.165) is 4.90 Å². The van der Waals surface area contributed by atoms with Gasteiger partial charge in [0.15, 0.2) is 5.69 Å². The molecule has 176 valence electrons. The van der Waals surface area contributed by atoms with Crippen LogP contribution in [0.4, 0.5) is 4.39 Å². The second-order valence-electron chi connectivity index (χ2n) is 8.06. The van der Waals surface area contributed by atoms with E-state index in [1.165, 1.54) is 54.9 Å². The van der Waals surface area contributed by atoms with Gasteiger partial charge in [0.2, 0.25) is 5.75 Å². The van der Waals surface area contributed by atoms with Crippen molar-refractivity contribution in [1.29, 1.82) is 0 Å². The zero-order valence-electron chi connectivity index (χ0n) is 18.7. The Balaban J connectivity index is 1.95. The predicted octanol–water partition coefficient (Wildman–Crippen LogP) is 0.790. The molecule has 10 nitrogen and oxygen atoms in total. The molecule has 0 unspecified atom stereocenters. The Bertz CT molecular complexity index is 1130. The van der Waals surface area contributed by atoms with Crippen molar-refractivity contribution in [3.63, 3.8) is 0 Å². The first-order valence-electron chi connectivity index (χ1n) is 10.5. The van der Waals surface area contributed by atoms with Crippen molar-refractivity contribution in [3.05, 3.63) is 57.5 Å². The molecule has 3 rings (SSSR count). The fourth-order valence-electron chi connectivity index (χ4n) is 3.65. The maximum absolute atomic E-state index is 13.1. The Kier molecular flexibility index (Phi) is 7.10. The average molecular weight is 459 g/mol. The fraction of sp³-hybridized carbons (Fsp3) is 0.409. The molecule has 0 radical (unpaired) electrons. The summed E-state index contributed by atoms with van der Waals surface area (Å²) in [4.78, 5) is 57.0. The summed E-state index contributed by atoms with van der Waals surface area (Å²) in [6.07, 6.45) is 1.68. The lowest BCUT2D eigenvalue weighted by Crippen LogP contribution is -2.43. The van der Waals surface area contributed by atoms with Gasteiger partial charge < -0.3 is 20.2 Å². The van der Waals surface area contributed by atoms with Crippen molar-refractivity contribution in [1.82, 2.24) is 24.7 Å². The molecular weight excluding hydrogens is 433 g/mol. The molecule has 0 aliphatic carbocycles. The first-order valence-corrected chi connectivity index (χ1v) is 10.5. The highest BCUT2D eigenvalue weighted by Gasteiger charge is 2.33. The van der Waals surface area contributed by atoms with E-state index >= 15 is 0 Å². The van der Waals surface area contributed by atoms with Crippen LogP contribution in [0, 0.1) is 5.82 Å². The summed E-state index contributed by atoms with van der Waals surface area (Å²) in [5.74, 6) is -3.38. The maximum Gasteiger partial charge on any atom is 0.312 e. The first kappa shape index (κ1) is 23.9. The molecule has 0 bridgehead atoms. The minimum Gasteiger partial charge on any atom is -0.501 e. The minimum absolute atomic E-state index is 0.0256. The number of hydrogen-bond donors (Lipinski definition) is 2. The van der Waals surface area contributed by atoms with E-state index < -0.39 is 46.6 Å².